The van der Waals surface area contributed by atoms with Gasteiger partial charge in [0.25, 0.3) is 5.91 Å². The second-order valence-corrected chi connectivity index (χ2v) is 5.58. The van der Waals surface area contributed by atoms with Gasteiger partial charge in [-0.25, -0.2) is 4.98 Å². The van der Waals surface area contributed by atoms with Crippen LogP contribution in [0.3, 0.4) is 0 Å². The zero-order chi connectivity index (χ0) is 15.8. The molecule has 0 spiro atoms. The fourth-order valence-electron chi connectivity index (χ4n) is 1.87. The molecule has 0 atom stereocenters. The summed E-state index contributed by atoms with van der Waals surface area (Å²) in [6.07, 6.45) is 2.40. The van der Waals surface area contributed by atoms with Crippen LogP contribution in [-0.4, -0.2) is 31.2 Å². The van der Waals surface area contributed by atoms with Crippen LogP contribution in [0.15, 0.2) is 47.1 Å². The average Bonchev–Trinajstić information content (AvgIpc) is 2.52. The molecule has 0 bridgehead atoms. The van der Waals surface area contributed by atoms with Gasteiger partial charge in [-0.1, -0.05) is 22.0 Å². The Morgan fingerprint density at radius 3 is 2.95 bits per heavy atom. The summed E-state index contributed by atoms with van der Waals surface area (Å²) in [5.41, 5.74) is 1.48. The van der Waals surface area contributed by atoms with Crippen molar-refractivity contribution in [1.82, 2.24) is 10.3 Å². The lowest BCUT2D eigenvalue weighted by atomic mass is 10.2. The van der Waals surface area contributed by atoms with Crippen LogP contribution < -0.4 is 10.6 Å². The minimum atomic E-state index is -0.115. The molecular weight excluding hydrogens is 346 g/mol. The number of halogens is 1. The van der Waals surface area contributed by atoms with Gasteiger partial charge in [-0.15, -0.1) is 0 Å². The number of carbonyl (C=O) groups excluding carboxylic acids is 1. The van der Waals surface area contributed by atoms with Gasteiger partial charge >= 0.3 is 0 Å². The fourth-order valence-corrected chi connectivity index (χ4v) is 2.27. The van der Waals surface area contributed by atoms with E-state index in [9.17, 15) is 4.79 Å². The number of hydrogen-bond acceptors (Lipinski definition) is 4. The van der Waals surface area contributed by atoms with Crippen molar-refractivity contribution < 1.29 is 9.53 Å². The zero-order valence-electron chi connectivity index (χ0n) is 12.3. The lowest BCUT2D eigenvalue weighted by Gasteiger charge is -2.08. The molecule has 1 heterocycles. The SMILES string of the molecule is COCCCNC(=O)c1ccnc(Nc2cccc(Br)c2)c1. The summed E-state index contributed by atoms with van der Waals surface area (Å²) in [7, 11) is 1.64. The number of nitrogens with zero attached hydrogens (tertiary/aromatic N) is 1. The normalized spacial score (nSPS) is 10.3. The number of methoxy groups -OCH3 is 1. The number of ether oxygens (including phenoxy) is 1. The van der Waals surface area contributed by atoms with Gasteiger partial charge in [-0.05, 0) is 36.8 Å². The highest BCUT2D eigenvalue weighted by molar-refractivity contribution is 9.10. The number of rotatable bonds is 7. The van der Waals surface area contributed by atoms with Crippen LogP contribution in [0.4, 0.5) is 11.5 Å². The van der Waals surface area contributed by atoms with Crippen molar-refractivity contribution in [3.8, 4) is 0 Å². The first kappa shape index (κ1) is 16.5. The molecule has 1 amide bonds. The summed E-state index contributed by atoms with van der Waals surface area (Å²) in [4.78, 5) is 16.3. The summed E-state index contributed by atoms with van der Waals surface area (Å²) in [6.45, 7) is 1.22. The van der Waals surface area contributed by atoms with E-state index in [0.717, 1.165) is 16.6 Å². The lowest BCUT2D eigenvalue weighted by Crippen LogP contribution is -2.25. The van der Waals surface area contributed by atoms with E-state index in [0.29, 0.717) is 24.5 Å². The third kappa shape index (κ3) is 5.13. The van der Waals surface area contributed by atoms with Gasteiger partial charge in [0, 0.05) is 42.2 Å². The lowest BCUT2D eigenvalue weighted by molar-refractivity contribution is 0.0948. The predicted octanol–water partition coefficient (Wildman–Crippen LogP) is 3.35. The second kappa shape index (κ2) is 8.51. The fraction of sp³-hybridized carbons (Fsp3) is 0.250. The molecule has 0 fully saturated rings. The molecule has 0 aliphatic heterocycles. The van der Waals surface area contributed by atoms with E-state index in [2.05, 4.69) is 31.5 Å². The Hall–Kier alpha value is -1.92. The number of anilines is 2. The van der Waals surface area contributed by atoms with Crippen LogP contribution in [0.1, 0.15) is 16.8 Å². The zero-order valence-corrected chi connectivity index (χ0v) is 13.9. The predicted molar refractivity (Wildman–Crippen MR) is 90.5 cm³/mol. The Labute approximate surface area is 138 Å². The van der Waals surface area contributed by atoms with E-state index in [4.69, 9.17) is 4.74 Å². The number of hydrogen-bond donors (Lipinski definition) is 2. The van der Waals surface area contributed by atoms with Crippen molar-refractivity contribution in [3.05, 3.63) is 52.6 Å². The van der Waals surface area contributed by atoms with Gasteiger partial charge in [-0.2, -0.15) is 0 Å². The summed E-state index contributed by atoms with van der Waals surface area (Å²) in [6, 6.07) is 11.2. The molecule has 2 aromatic rings. The van der Waals surface area contributed by atoms with Gasteiger partial charge < -0.3 is 15.4 Å². The number of benzene rings is 1. The number of amides is 1. The highest BCUT2D eigenvalue weighted by Crippen LogP contribution is 2.19. The molecule has 0 unspecified atom stereocenters. The molecule has 1 aromatic heterocycles. The Kier molecular flexibility index (Phi) is 6.36. The van der Waals surface area contributed by atoms with Crippen LogP contribution in [0.5, 0.6) is 0 Å². The largest absolute Gasteiger partial charge is 0.385 e. The van der Waals surface area contributed by atoms with E-state index in [1.165, 1.54) is 0 Å². The molecule has 0 saturated carbocycles. The number of pyridine rings is 1. The third-order valence-corrected chi connectivity index (χ3v) is 3.42. The quantitative estimate of drug-likeness (QED) is 0.740. The van der Waals surface area contributed by atoms with Crippen LogP contribution >= 0.6 is 15.9 Å². The molecule has 0 aliphatic carbocycles. The average molecular weight is 364 g/mol. The standard InChI is InChI=1S/C16H18BrN3O2/c1-22-9-3-7-19-16(21)12-6-8-18-15(10-12)20-14-5-2-4-13(17)11-14/h2,4-6,8,10-11H,3,7,9H2,1H3,(H,18,20)(H,19,21). The maximum atomic E-state index is 12.1. The van der Waals surface area contributed by atoms with Gasteiger partial charge in [-0.3, -0.25) is 4.79 Å². The molecule has 0 saturated heterocycles. The minimum absolute atomic E-state index is 0.115. The first-order valence-corrected chi connectivity index (χ1v) is 7.74. The van der Waals surface area contributed by atoms with E-state index in [-0.39, 0.29) is 5.91 Å². The molecular formula is C16H18BrN3O2. The van der Waals surface area contributed by atoms with Crippen molar-refractivity contribution >= 4 is 33.3 Å². The van der Waals surface area contributed by atoms with E-state index in [1.807, 2.05) is 24.3 Å². The van der Waals surface area contributed by atoms with E-state index in [1.54, 1.807) is 25.4 Å². The molecule has 2 rings (SSSR count). The summed E-state index contributed by atoms with van der Waals surface area (Å²) < 4.78 is 5.93. The number of carbonyl (C=O) groups is 1. The van der Waals surface area contributed by atoms with Crippen molar-refractivity contribution in [3.63, 3.8) is 0 Å². The maximum absolute atomic E-state index is 12.1. The Balaban J connectivity index is 1.98. The topological polar surface area (TPSA) is 63.2 Å². The maximum Gasteiger partial charge on any atom is 0.251 e. The number of nitrogens with one attached hydrogen (secondary N) is 2. The second-order valence-electron chi connectivity index (χ2n) is 4.67. The molecule has 22 heavy (non-hydrogen) atoms. The van der Waals surface area contributed by atoms with E-state index < -0.39 is 0 Å². The summed E-state index contributed by atoms with van der Waals surface area (Å²) in [5, 5.41) is 6.03. The summed E-state index contributed by atoms with van der Waals surface area (Å²) in [5.74, 6) is 0.512. The molecule has 116 valence electrons. The van der Waals surface area contributed by atoms with Crippen LogP contribution in [-0.2, 0) is 4.74 Å². The monoisotopic (exact) mass is 363 g/mol. The molecule has 6 heteroatoms. The minimum Gasteiger partial charge on any atom is -0.385 e. The van der Waals surface area contributed by atoms with Crippen molar-refractivity contribution in [2.24, 2.45) is 0 Å². The van der Waals surface area contributed by atoms with Crippen LogP contribution in [0.2, 0.25) is 0 Å². The van der Waals surface area contributed by atoms with Crippen molar-refractivity contribution in [2.75, 3.05) is 25.6 Å². The van der Waals surface area contributed by atoms with Crippen molar-refractivity contribution in [1.29, 1.82) is 0 Å². The van der Waals surface area contributed by atoms with Gasteiger partial charge in [0.2, 0.25) is 0 Å². The number of aromatic nitrogens is 1. The molecule has 0 radical (unpaired) electrons. The smallest absolute Gasteiger partial charge is 0.251 e. The highest BCUT2D eigenvalue weighted by Gasteiger charge is 2.06. The first-order chi connectivity index (χ1) is 10.7. The Morgan fingerprint density at radius 1 is 1.32 bits per heavy atom. The Bertz CT molecular complexity index is 634. The van der Waals surface area contributed by atoms with Crippen LogP contribution in [0, 0.1) is 0 Å². The molecule has 2 N–H and O–H groups in total. The first-order valence-electron chi connectivity index (χ1n) is 6.95. The van der Waals surface area contributed by atoms with Crippen molar-refractivity contribution in [2.45, 2.75) is 6.42 Å². The molecule has 0 aliphatic rings. The molecule has 5 nitrogen and oxygen atoms in total. The summed E-state index contributed by atoms with van der Waals surface area (Å²) >= 11 is 3.42. The Morgan fingerprint density at radius 2 is 2.18 bits per heavy atom. The molecule has 1 aromatic carbocycles. The van der Waals surface area contributed by atoms with Crippen LogP contribution in [0.25, 0.3) is 0 Å². The van der Waals surface area contributed by atoms with Gasteiger partial charge in [0.05, 0.1) is 0 Å². The van der Waals surface area contributed by atoms with Gasteiger partial charge in [0.1, 0.15) is 5.82 Å². The third-order valence-electron chi connectivity index (χ3n) is 2.93. The van der Waals surface area contributed by atoms with Gasteiger partial charge in [0.15, 0.2) is 0 Å². The highest BCUT2D eigenvalue weighted by atomic mass is 79.9. The van der Waals surface area contributed by atoms with E-state index >= 15 is 0 Å².